The molecule has 0 saturated heterocycles. The van der Waals surface area contributed by atoms with Crippen LogP contribution in [0, 0.1) is 11.3 Å². The van der Waals surface area contributed by atoms with E-state index in [0.717, 1.165) is 11.3 Å². The maximum absolute atomic E-state index is 11.8. The van der Waals surface area contributed by atoms with E-state index in [0.29, 0.717) is 18.2 Å². The number of aromatic nitrogens is 1. The van der Waals surface area contributed by atoms with Crippen molar-refractivity contribution in [2.45, 2.75) is 13.8 Å². The number of ether oxygens (including phenoxy) is 1. The van der Waals surface area contributed by atoms with Crippen LogP contribution >= 0.6 is 0 Å². The van der Waals surface area contributed by atoms with Crippen LogP contribution in [0.4, 0.5) is 0 Å². The third-order valence-corrected chi connectivity index (χ3v) is 2.93. The second-order valence-electron chi connectivity index (χ2n) is 5.26. The zero-order valence-corrected chi connectivity index (χ0v) is 12.1. The van der Waals surface area contributed by atoms with E-state index < -0.39 is 0 Å². The van der Waals surface area contributed by atoms with E-state index >= 15 is 0 Å². The second kappa shape index (κ2) is 6.26. The van der Waals surface area contributed by atoms with Crippen molar-refractivity contribution in [1.82, 2.24) is 4.98 Å². The van der Waals surface area contributed by atoms with Gasteiger partial charge in [-0.05, 0) is 30.2 Å². The molecular formula is C16H19N3O2. The number of amidine groups is 1. The molecule has 0 unspecified atom stereocenters. The van der Waals surface area contributed by atoms with Gasteiger partial charge < -0.3 is 15.5 Å². The Labute approximate surface area is 123 Å². The van der Waals surface area contributed by atoms with Gasteiger partial charge in [0.2, 0.25) is 0 Å². The van der Waals surface area contributed by atoms with Crippen LogP contribution in [0.5, 0.6) is 5.75 Å². The molecule has 5 nitrogen and oxygen atoms in total. The lowest BCUT2D eigenvalue weighted by Crippen LogP contribution is -2.23. The lowest BCUT2D eigenvalue weighted by molar-refractivity contribution is 0.271. The Morgan fingerprint density at radius 2 is 2.10 bits per heavy atom. The molecule has 21 heavy (non-hydrogen) atoms. The first-order chi connectivity index (χ1) is 9.97. The Kier molecular flexibility index (Phi) is 4.42. The molecule has 0 bridgehead atoms. The van der Waals surface area contributed by atoms with Crippen LogP contribution in [0.15, 0.2) is 41.2 Å². The SMILES string of the molecule is CC(C)COc1cccc(-c2ccc(C(=N)N)c(=O)[nH]2)c1. The first-order valence-corrected chi connectivity index (χ1v) is 6.78. The van der Waals surface area contributed by atoms with Gasteiger partial charge in [0.1, 0.15) is 11.6 Å². The Bertz CT molecular complexity index is 705. The summed E-state index contributed by atoms with van der Waals surface area (Å²) in [5.74, 6) is 0.970. The van der Waals surface area contributed by atoms with E-state index in [2.05, 4.69) is 18.8 Å². The van der Waals surface area contributed by atoms with Crippen molar-refractivity contribution in [3.8, 4) is 17.0 Å². The van der Waals surface area contributed by atoms with E-state index in [4.69, 9.17) is 15.9 Å². The zero-order valence-electron chi connectivity index (χ0n) is 12.1. The number of hydrogen-bond donors (Lipinski definition) is 3. The summed E-state index contributed by atoms with van der Waals surface area (Å²) in [6, 6.07) is 10.8. The van der Waals surface area contributed by atoms with Crippen molar-refractivity contribution in [3.05, 3.63) is 52.3 Å². The predicted molar refractivity (Wildman–Crippen MR) is 83.8 cm³/mol. The highest BCUT2D eigenvalue weighted by molar-refractivity contribution is 5.94. The Morgan fingerprint density at radius 1 is 1.33 bits per heavy atom. The average molecular weight is 285 g/mol. The lowest BCUT2D eigenvalue weighted by atomic mass is 10.1. The molecule has 1 aromatic carbocycles. The highest BCUT2D eigenvalue weighted by Crippen LogP contribution is 2.22. The zero-order chi connectivity index (χ0) is 15.4. The van der Waals surface area contributed by atoms with Gasteiger partial charge in [-0.1, -0.05) is 26.0 Å². The molecule has 0 aliphatic heterocycles. The van der Waals surface area contributed by atoms with E-state index in [1.54, 1.807) is 12.1 Å². The first kappa shape index (κ1) is 14.8. The number of aromatic amines is 1. The van der Waals surface area contributed by atoms with Gasteiger partial charge in [0.15, 0.2) is 0 Å². The Morgan fingerprint density at radius 3 is 2.71 bits per heavy atom. The van der Waals surface area contributed by atoms with Crippen molar-refractivity contribution in [2.75, 3.05) is 6.61 Å². The number of nitrogens with one attached hydrogen (secondary N) is 2. The molecular weight excluding hydrogens is 266 g/mol. The number of hydrogen-bond acceptors (Lipinski definition) is 3. The molecule has 2 aromatic rings. The molecule has 0 aliphatic carbocycles. The fraction of sp³-hybridized carbons (Fsp3) is 0.250. The molecule has 0 spiro atoms. The normalized spacial score (nSPS) is 10.6. The number of benzene rings is 1. The second-order valence-corrected chi connectivity index (χ2v) is 5.26. The summed E-state index contributed by atoms with van der Waals surface area (Å²) in [6.45, 7) is 4.81. The number of nitrogens with two attached hydrogens (primary N) is 1. The van der Waals surface area contributed by atoms with Crippen molar-refractivity contribution < 1.29 is 4.74 Å². The van der Waals surface area contributed by atoms with Crippen LogP contribution in [0.2, 0.25) is 0 Å². The summed E-state index contributed by atoms with van der Waals surface area (Å²) in [4.78, 5) is 14.6. The minimum absolute atomic E-state index is 0.172. The van der Waals surface area contributed by atoms with Gasteiger partial charge in [-0.15, -0.1) is 0 Å². The number of pyridine rings is 1. The summed E-state index contributed by atoms with van der Waals surface area (Å²) >= 11 is 0. The summed E-state index contributed by atoms with van der Waals surface area (Å²) in [5, 5.41) is 7.32. The van der Waals surface area contributed by atoms with Crippen molar-refractivity contribution in [3.63, 3.8) is 0 Å². The van der Waals surface area contributed by atoms with E-state index in [9.17, 15) is 4.79 Å². The molecule has 0 atom stereocenters. The fourth-order valence-corrected chi connectivity index (χ4v) is 1.87. The minimum atomic E-state index is -0.367. The van der Waals surface area contributed by atoms with E-state index in [-0.39, 0.29) is 17.0 Å². The molecule has 110 valence electrons. The quantitative estimate of drug-likeness (QED) is 0.581. The molecule has 1 aromatic heterocycles. The number of H-pyrrole nitrogens is 1. The molecule has 0 fully saturated rings. The highest BCUT2D eigenvalue weighted by atomic mass is 16.5. The van der Waals surface area contributed by atoms with Gasteiger partial charge >= 0.3 is 0 Å². The van der Waals surface area contributed by atoms with Gasteiger partial charge in [0, 0.05) is 11.3 Å². The Balaban J connectivity index is 2.30. The topological polar surface area (TPSA) is 92.0 Å². The van der Waals surface area contributed by atoms with Crippen LogP contribution in [0.3, 0.4) is 0 Å². The standard InChI is InChI=1S/C16H19N3O2/c1-10(2)9-21-12-5-3-4-11(8-12)14-7-6-13(15(17)18)16(20)19-14/h3-8,10H,9H2,1-2H3,(H3,17,18)(H,19,20). The van der Waals surface area contributed by atoms with E-state index in [1.807, 2.05) is 24.3 Å². The molecule has 0 aliphatic rings. The van der Waals surface area contributed by atoms with Crippen LogP contribution < -0.4 is 16.0 Å². The van der Waals surface area contributed by atoms with E-state index in [1.165, 1.54) is 0 Å². The summed E-state index contributed by atoms with van der Waals surface area (Å²) in [7, 11) is 0. The molecule has 5 heteroatoms. The van der Waals surface area contributed by atoms with Gasteiger partial charge in [0.05, 0.1) is 12.2 Å². The lowest BCUT2D eigenvalue weighted by Gasteiger charge is -2.10. The predicted octanol–water partition coefficient (Wildman–Crippen LogP) is 2.36. The fourth-order valence-electron chi connectivity index (χ4n) is 1.87. The van der Waals surface area contributed by atoms with Gasteiger partial charge in [-0.25, -0.2) is 0 Å². The van der Waals surface area contributed by atoms with Crippen LogP contribution in [-0.2, 0) is 0 Å². The molecule has 0 radical (unpaired) electrons. The average Bonchev–Trinajstić information content (AvgIpc) is 2.45. The van der Waals surface area contributed by atoms with Gasteiger partial charge in [0.25, 0.3) is 5.56 Å². The number of nitrogen functional groups attached to an aromatic ring is 1. The molecule has 4 N–H and O–H groups in total. The largest absolute Gasteiger partial charge is 0.493 e. The van der Waals surface area contributed by atoms with Crippen molar-refractivity contribution in [1.29, 1.82) is 5.41 Å². The third kappa shape index (κ3) is 3.72. The Hall–Kier alpha value is -2.56. The van der Waals surface area contributed by atoms with Crippen molar-refractivity contribution >= 4 is 5.84 Å². The third-order valence-electron chi connectivity index (χ3n) is 2.93. The first-order valence-electron chi connectivity index (χ1n) is 6.78. The summed E-state index contributed by atoms with van der Waals surface area (Å²) in [5.41, 5.74) is 6.66. The van der Waals surface area contributed by atoms with Gasteiger partial charge in [-0.3, -0.25) is 10.2 Å². The van der Waals surface area contributed by atoms with Crippen LogP contribution in [0.25, 0.3) is 11.3 Å². The van der Waals surface area contributed by atoms with Crippen LogP contribution in [-0.4, -0.2) is 17.4 Å². The number of rotatable bonds is 5. The summed E-state index contributed by atoms with van der Waals surface area (Å²) in [6.07, 6.45) is 0. The maximum atomic E-state index is 11.8. The minimum Gasteiger partial charge on any atom is -0.493 e. The van der Waals surface area contributed by atoms with Gasteiger partial charge in [-0.2, -0.15) is 0 Å². The smallest absolute Gasteiger partial charge is 0.259 e. The molecule has 1 heterocycles. The highest BCUT2D eigenvalue weighted by Gasteiger charge is 2.06. The maximum Gasteiger partial charge on any atom is 0.259 e. The molecule has 2 rings (SSSR count). The van der Waals surface area contributed by atoms with Crippen molar-refractivity contribution in [2.24, 2.45) is 11.7 Å². The van der Waals surface area contributed by atoms with Crippen LogP contribution in [0.1, 0.15) is 19.4 Å². The monoisotopic (exact) mass is 285 g/mol. The molecule has 0 saturated carbocycles. The summed E-state index contributed by atoms with van der Waals surface area (Å²) < 4.78 is 5.68. The molecule has 0 amide bonds.